The number of benzene rings is 1. The minimum atomic E-state index is -0.445. The average molecular weight is 288 g/mol. The lowest BCUT2D eigenvalue weighted by atomic mass is 10.1. The van der Waals surface area contributed by atoms with E-state index in [2.05, 4.69) is 6.58 Å². The molecule has 0 atom stereocenters. The predicted molar refractivity (Wildman–Crippen MR) is 82.3 cm³/mol. The average Bonchev–Trinajstić information content (AvgIpc) is 2.46. The van der Waals surface area contributed by atoms with Gasteiger partial charge in [0.25, 0.3) is 11.8 Å². The summed E-state index contributed by atoms with van der Waals surface area (Å²) in [6.07, 6.45) is 1.77. The second kappa shape index (κ2) is 5.96. The van der Waals surface area contributed by atoms with Gasteiger partial charge in [-0.25, -0.2) is 0 Å². The van der Waals surface area contributed by atoms with Crippen LogP contribution in [0.2, 0.25) is 0 Å². The summed E-state index contributed by atoms with van der Waals surface area (Å²) in [5, 5.41) is 0.229. The van der Waals surface area contributed by atoms with Gasteiger partial charge in [-0.05, 0) is 30.8 Å². The molecule has 0 aliphatic carbocycles. The van der Waals surface area contributed by atoms with E-state index in [0.29, 0.717) is 12.2 Å². The first kappa shape index (κ1) is 14.4. The molecule has 20 heavy (non-hydrogen) atoms. The van der Waals surface area contributed by atoms with Crippen molar-refractivity contribution in [1.82, 2.24) is 4.90 Å². The third-order valence-electron chi connectivity index (χ3n) is 3.14. The summed E-state index contributed by atoms with van der Waals surface area (Å²) in [5.41, 5.74) is 0.608. The van der Waals surface area contributed by atoms with Crippen LogP contribution in [0.15, 0.2) is 42.5 Å². The normalized spacial score (nSPS) is 16.1. The summed E-state index contributed by atoms with van der Waals surface area (Å²) < 4.78 is 0. The number of rotatable bonds is 4. The van der Waals surface area contributed by atoms with Crippen LogP contribution in [0.3, 0.4) is 0 Å². The largest absolute Gasteiger partial charge is 0.284 e. The Morgan fingerprint density at radius 1 is 1.15 bits per heavy atom. The van der Waals surface area contributed by atoms with Crippen LogP contribution in [0.5, 0.6) is 0 Å². The molecule has 0 saturated carbocycles. The van der Waals surface area contributed by atoms with Gasteiger partial charge in [-0.3, -0.25) is 19.4 Å². The fourth-order valence-electron chi connectivity index (χ4n) is 2.00. The van der Waals surface area contributed by atoms with Crippen LogP contribution >= 0.6 is 12.2 Å². The number of anilines is 1. The Labute approximate surface area is 123 Å². The molecule has 1 aromatic rings. The van der Waals surface area contributed by atoms with Crippen LogP contribution in [-0.2, 0) is 9.59 Å². The lowest BCUT2D eigenvalue weighted by Gasteiger charge is -2.36. The number of hydrogen-bond donors (Lipinski definition) is 0. The molecule has 1 saturated heterocycles. The molecule has 0 radical (unpaired) electrons. The summed E-state index contributed by atoms with van der Waals surface area (Å²) in [7, 11) is 0. The molecular formula is C15H16N2O2S. The Morgan fingerprint density at radius 2 is 1.80 bits per heavy atom. The summed E-state index contributed by atoms with van der Waals surface area (Å²) >= 11 is 5.32. The number of para-hydroxylation sites is 1. The lowest BCUT2D eigenvalue weighted by Crippen LogP contribution is -2.56. The van der Waals surface area contributed by atoms with Crippen molar-refractivity contribution in [3.63, 3.8) is 0 Å². The van der Waals surface area contributed by atoms with Crippen LogP contribution < -0.4 is 4.90 Å². The van der Waals surface area contributed by atoms with Crippen molar-refractivity contribution >= 4 is 34.8 Å². The third-order valence-corrected chi connectivity index (χ3v) is 3.54. The van der Waals surface area contributed by atoms with Crippen molar-refractivity contribution in [2.75, 3.05) is 11.4 Å². The first-order chi connectivity index (χ1) is 9.57. The quantitative estimate of drug-likeness (QED) is 0.485. The van der Waals surface area contributed by atoms with E-state index < -0.39 is 5.91 Å². The molecule has 5 heteroatoms. The van der Waals surface area contributed by atoms with E-state index in [0.717, 1.165) is 12.8 Å². The first-order valence-electron chi connectivity index (χ1n) is 6.52. The topological polar surface area (TPSA) is 40.6 Å². The van der Waals surface area contributed by atoms with E-state index >= 15 is 0 Å². The number of nitrogens with zero attached hydrogens (tertiary/aromatic N) is 2. The van der Waals surface area contributed by atoms with Gasteiger partial charge in [0.15, 0.2) is 5.11 Å². The van der Waals surface area contributed by atoms with E-state index in [1.165, 1.54) is 9.80 Å². The highest BCUT2D eigenvalue weighted by Crippen LogP contribution is 2.24. The van der Waals surface area contributed by atoms with Crippen molar-refractivity contribution in [3.8, 4) is 0 Å². The Kier molecular flexibility index (Phi) is 4.29. The van der Waals surface area contributed by atoms with Gasteiger partial charge < -0.3 is 0 Å². The van der Waals surface area contributed by atoms with Crippen LogP contribution in [0, 0.1) is 0 Å². The maximum Gasteiger partial charge on any atom is 0.269 e. The number of hydrogen-bond acceptors (Lipinski definition) is 3. The summed E-state index contributed by atoms with van der Waals surface area (Å²) in [6, 6.07) is 9.06. The van der Waals surface area contributed by atoms with E-state index in [4.69, 9.17) is 12.2 Å². The number of carbonyl (C=O) groups is 2. The van der Waals surface area contributed by atoms with Crippen molar-refractivity contribution in [2.24, 2.45) is 0 Å². The highest BCUT2D eigenvalue weighted by atomic mass is 32.1. The van der Waals surface area contributed by atoms with Crippen molar-refractivity contribution in [3.05, 3.63) is 42.5 Å². The molecule has 0 aromatic heterocycles. The molecule has 104 valence electrons. The fraction of sp³-hybridized carbons (Fsp3) is 0.267. The summed E-state index contributed by atoms with van der Waals surface area (Å²) in [4.78, 5) is 27.2. The molecule has 4 nitrogen and oxygen atoms in total. The molecule has 1 aliphatic rings. The molecule has 1 heterocycles. The molecule has 2 amide bonds. The van der Waals surface area contributed by atoms with Crippen molar-refractivity contribution < 1.29 is 9.59 Å². The van der Waals surface area contributed by atoms with Gasteiger partial charge in [0.05, 0.1) is 11.3 Å². The maximum absolute atomic E-state index is 12.3. The zero-order valence-corrected chi connectivity index (χ0v) is 12.2. The second-order valence-corrected chi connectivity index (χ2v) is 4.91. The number of thiocarbonyl (C=S) groups is 1. The molecule has 0 bridgehead atoms. The predicted octanol–water partition coefficient (Wildman–Crippen LogP) is 2.50. The summed E-state index contributed by atoms with van der Waals surface area (Å²) in [6.45, 7) is 6.14. The SMILES string of the molecule is C=C1C(=O)N(CCCC)C(=S)N(c2ccccc2)C1=O. The molecule has 0 N–H and O–H groups in total. The van der Waals surface area contributed by atoms with Gasteiger partial charge in [0, 0.05) is 6.54 Å². The Morgan fingerprint density at radius 3 is 2.40 bits per heavy atom. The molecular weight excluding hydrogens is 272 g/mol. The highest BCUT2D eigenvalue weighted by Gasteiger charge is 2.38. The van der Waals surface area contributed by atoms with Crippen LogP contribution in [0.4, 0.5) is 5.69 Å². The van der Waals surface area contributed by atoms with Gasteiger partial charge in [-0.15, -0.1) is 0 Å². The Hall–Kier alpha value is -2.01. The minimum Gasteiger partial charge on any atom is -0.284 e. The second-order valence-electron chi connectivity index (χ2n) is 4.55. The number of unbranched alkanes of at least 4 members (excludes halogenated alkanes) is 1. The molecule has 1 aromatic carbocycles. The molecule has 1 fully saturated rings. The molecule has 0 spiro atoms. The Balaban J connectivity index is 2.36. The maximum atomic E-state index is 12.3. The van der Waals surface area contributed by atoms with Crippen molar-refractivity contribution in [2.45, 2.75) is 19.8 Å². The van der Waals surface area contributed by atoms with Crippen LogP contribution in [0.25, 0.3) is 0 Å². The minimum absolute atomic E-state index is 0.0430. The molecule has 2 rings (SSSR count). The standard InChI is InChI=1S/C15H16N2O2S/c1-3-4-10-16-13(18)11(2)14(19)17(15(16)20)12-8-6-5-7-9-12/h5-9H,2-4,10H2,1H3. The highest BCUT2D eigenvalue weighted by molar-refractivity contribution is 7.80. The molecule has 1 aliphatic heterocycles. The van der Waals surface area contributed by atoms with Gasteiger partial charge in [0.1, 0.15) is 0 Å². The van der Waals surface area contributed by atoms with Gasteiger partial charge >= 0.3 is 0 Å². The zero-order valence-electron chi connectivity index (χ0n) is 11.3. The van der Waals surface area contributed by atoms with Gasteiger partial charge in [0.2, 0.25) is 0 Å². The third kappa shape index (κ3) is 2.49. The summed E-state index contributed by atoms with van der Waals surface area (Å²) in [5.74, 6) is -0.834. The van der Waals surface area contributed by atoms with Crippen LogP contribution in [0.1, 0.15) is 19.8 Å². The lowest BCUT2D eigenvalue weighted by molar-refractivity contribution is -0.128. The van der Waals surface area contributed by atoms with Gasteiger partial charge in [-0.2, -0.15) is 0 Å². The monoisotopic (exact) mass is 288 g/mol. The van der Waals surface area contributed by atoms with Gasteiger partial charge in [-0.1, -0.05) is 38.1 Å². The van der Waals surface area contributed by atoms with E-state index in [-0.39, 0.29) is 16.6 Å². The number of amides is 2. The zero-order chi connectivity index (χ0) is 14.7. The van der Waals surface area contributed by atoms with Crippen LogP contribution in [-0.4, -0.2) is 28.4 Å². The fourth-order valence-corrected chi connectivity index (χ4v) is 2.36. The Bertz CT molecular complexity index is 568. The molecule has 0 unspecified atom stereocenters. The van der Waals surface area contributed by atoms with E-state index in [1.54, 1.807) is 12.1 Å². The smallest absolute Gasteiger partial charge is 0.269 e. The van der Waals surface area contributed by atoms with E-state index in [9.17, 15) is 9.59 Å². The van der Waals surface area contributed by atoms with E-state index in [1.807, 2.05) is 25.1 Å². The first-order valence-corrected chi connectivity index (χ1v) is 6.93. The van der Waals surface area contributed by atoms with Crippen molar-refractivity contribution in [1.29, 1.82) is 0 Å². The number of carbonyl (C=O) groups excluding carboxylic acids is 2.